The van der Waals surface area contributed by atoms with E-state index in [-0.39, 0.29) is 0 Å². The van der Waals surface area contributed by atoms with E-state index >= 15 is 0 Å². The van der Waals surface area contributed by atoms with Gasteiger partial charge in [0.15, 0.2) is 5.88 Å². The third kappa shape index (κ3) is 2.03. The van der Waals surface area contributed by atoms with E-state index in [1.165, 1.54) is 7.11 Å². The van der Waals surface area contributed by atoms with Crippen LogP contribution in [0.2, 0.25) is 0 Å². The highest BCUT2D eigenvalue weighted by molar-refractivity contribution is 6.33. The van der Waals surface area contributed by atoms with Gasteiger partial charge in [-0.15, -0.1) is 11.6 Å². The molecular formula is C3H4ClO2. The summed E-state index contributed by atoms with van der Waals surface area (Å²) in [7, 11) is 1.27. The van der Waals surface area contributed by atoms with E-state index in [4.69, 9.17) is 11.6 Å². The number of hydrogen-bond donors (Lipinski definition) is 0. The predicted molar refractivity (Wildman–Crippen MR) is 22.2 cm³/mol. The van der Waals surface area contributed by atoms with E-state index in [1.54, 1.807) is 0 Å². The Morgan fingerprint density at radius 3 is 2.50 bits per heavy atom. The SMILES string of the molecule is COC(=O)[CH]Cl. The van der Waals surface area contributed by atoms with Crippen LogP contribution in [0, 0.1) is 5.88 Å². The summed E-state index contributed by atoms with van der Waals surface area (Å²) in [6.45, 7) is 0. The Labute approximate surface area is 41.0 Å². The Hall–Kier alpha value is -0.240. The van der Waals surface area contributed by atoms with E-state index in [2.05, 4.69) is 4.74 Å². The molecule has 0 saturated carbocycles. The van der Waals surface area contributed by atoms with Gasteiger partial charge >= 0.3 is 5.97 Å². The summed E-state index contributed by atoms with van der Waals surface area (Å²) in [5, 5.41) is 0. The first kappa shape index (κ1) is 5.76. The van der Waals surface area contributed by atoms with Crippen molar-refractivity contribution in [2.45, 2.75) is 0 Å². The summed E-state index contributed by atoms with van der Waals surface area (Å²) in [6, 6.07) is 0. The fourth-order valence-electron chi connectivity index (χ4n) is 0.0445. The van der Waals surface area contributed by atoms with Crippen molar-refractivity contribution in [1.82, 2.24) is 0 Å². The number of halogens is 1. The molecule has 0 aliphatic carbocycles. The molecule has 0 fully saturated rings. The number of carbonyl (C=O) groups excluding carboxylic acids is 1. The van der Waals surface area contributed by atoms with Gasteiger partial charge in [-0.05, 0) is 0 Å². The van der Waals surface area contributed by atoms with Gasteiger partial charge in [0.2, 0.25) is 0 Å². The fourth-order valence-corrected chi connectivity index (χ4v) is 0.134. The Bertz CT molecular complexity index is 46.8. The molecule has 1 radical (unpaired) electrons. The zero-order valence-corrected chi connectivity index (χ0v) is 4.03. The predicted octanol–water partition coefficient (Wildman–Crippen LogP) is 0.560. The Kier molecular flexibility index (Phi) is 2.85. The minimum Gasteiger partial charge on any atom is -0.468 e. The molecule has 0 heterocycles. The van der Waals surface area contributed by atoms with Crippen LogP contribution in [-0.2, 0) is 9.53 Å². The standard InChI is InChI=1S/C3H4ClO2/c1-6-3(5)2-4/h2H,1H3. The molecule has 0 amide bonds. The third-order valence-electron chi connectivity index (χ3n) is 0.290. The zero-order chi connectivity index (χ0) is 4.99. The Balaban J connectivity index is 2.99. The summed E-state index contributed by atoms with van der Waals surface area (Å²) in [4.78, 5) is 9.77. The van der Waals surface area contributed by atoms with Gasteiger partial charge in [0, 0.05) is 0 Å². The van der Waals surface area contributed by atoms with E-state index in [0.29, 0.717) is 0 Å². The second kappa shape index (κ2) is 2.97. The molecule has 3 heteroatoms. The molecule has 0 aromatic heterocycles. The highest BCUT2D eigenvalue weighted by Gasteiger charge is 1.91. The molecule has 0 aliphatic heterocycles. The van der Waals surface area contributed by atoms with Crippen molar-refractivity contribution < 1.29 is 9.53 Å². The van der Waals surface area contributed by atoms with Crippen LogP contribution in [0.5, 0.6) is 0 Å². The molecule has 2 nitrogen and oxygen atoms in total. The summed E-state index contributed by atoms with van der Waals surface area (Å²) in [5.74, 6) is 0.316. The molecule has 0 aromatic rings. The van der Waals surface area contributed by atoms with Gasteiger partial charge in [-0.2, -0.15) is 0 Å². The molecule has 0 atom stereocenters. The molecule has 0 rings (SSSR count). The molecule has 0 bridgehead atoms. The second-order valence-electron chi connectivity index (χ2n) is 0.632. The van der Waals surface area contributed by atoms with E-state index in [9.17, 15) is 4.79 Å². The molecule has 0 N–H and O–H groups in total. The van der Waals surface area contributed by atoms with Crippen LogP contribution in [0.4, 0.5) is 0 Å². The summed E-state index contributed by atoms with van der Waals surface area (Å²) in [6.07, 6.45) is 0. The van der Waals surface area contributed by atoms with Crippen molar-refractivity contribution in [3.63, 3.8) is 0 Å². The number of carbonyl (C=O) groups is 1. The lowest BCUT2D eigenvalue weighted by molar-refractivity contribution is -0.135. The van der Waals surface area contributed by atoms with Crippen LogP contribution in [0.3, 0.4) is 0 Å². The molecule has 0 aromatic carbocycles. The third-order valence-corrected chi connectivity index (χ3v) is 0.468. The average molecular weight is 108 g/mol. The highest BCUT2D eigenvalue weighted by Crippen LogP contribution is 1.83. The van der Waals surface area contributed by atoms with E-state index in [1.807, 2.05) is 0 Å². The maximum absolute atomic E-state index is 9.77. The maximum Gasteiger partial charge on any atom is 0.325 e. The van der Waals surface area contributed by atoms with Crippen LogP contribution in [0.1, 0.15) is 0 Å². The quantitative estimate of drug-likeness (QED) is 0.458. The molecule has 35 valence electrons. The van der Waals surface area contributed by atoms with Gasteiger partial charge in [-0.3, -0.25) is 4.79 Å². The van der Waals surface area contributed by atoms with Crippen molar-refractivity contribution in [2.75, 3.05) is 7.11 Å². The lowest BCUT2D eigenvalue weighted by Crippen LogP contribution is -1.94. The number of methoxy groups -OCH3 is 1. The molecule has 0 spiro atoms. The molecular weight excluding hydrogens is 103 g/mol. The first-order valence-electron chi connectivity index (χ1n) is 1.32. The Morgan fingerprint density at radius 1 is 2.00 bits per heavy atom. The smallest absolute Gasteiger partial charge is 0.325 e. The number of hydrogen-bond acceptors (Lipinski definition) is 2. The zero-order valence-electron chi connectivity index (χ0n) is 3.27. The summed E-state index contributed by atoms with van der Waals surface area (Å²) in [5.41, 5.74) is 0. The van der Waals surface area contributed by atoms with Gasteiger partial charge in [0.1, 0.15) is 0 Å². The minimum absolute atomic E-state index is 0.517. The fraction of sp³-hybridized carbons (Fsp3) is 0.333. The van der Waals surface area contributed by atoms with Gasteiger partial charge in [-0.25, -0.2) is 0 Å². The summed E-state index contributed by atoms with van der Waals surface area (Å²) < 4.78 is 4.07. The van der Waals surface area contributed by atoms with Crippen molar-refractivity contribution >= 4 is 17.6 Å². The monoisotopic (exact) mass is 107 g/mol. The van der Waals surface area contributed by atoms with Crippen molar-refractivity contribution in [3.8, 4) is 0 Å². The van der Waals surface area contributed by atoms with Gasteiger partial charge in [0.05, 0.1) is 7.11 Å². The maximum atomic E-state index is 9.77. The number of ether oxygens (including phenoxy) is 1. The molecule has 0 aliphatic rings. The van der Waals surface area contributed by atoms with Crippen LogP contribution in [-0.4, -0.2) is 13.1 Å². The van der Waals surface area contributed by atoms with Crippen LogP contribution >= 0.6 is 11.6 Å². The van der Waals surface area contributed by atoms with E-state index < -0.39 is 5.97 Å². The number of rotatable bonds is 1. The first-order valence-corrected chi connectivity index (χ1v) is 1.76. The largest absolute Gasteiger partial charge is 0.468 e. The first-order chi connectivity index (χ1) is 2.81. The van der Waals surface area contributed by atoms with Gasteiger partial charge in [0.25, 0.3) is 0 Å². The van der Waals surface area contributed by atoms with Crippen LogP contribution < -0.4 is 0 Å². The topological polar surface area (TPSA) is 26.3 Å². The van der Waals surface area contributed by atoms with Crippen molar-refractivity contribution in [2.24, 2.45) is 0 Å². The Morgan fingerprint density at radius 2 is 2.50 bits per heavy atom. The number of esters is 1. The van der Waals surface area contributed by atoms with E-state index in [0.717, 1.165) is 5.88 Å². The average Bonchev–Trinajstić information content (AvgIpc) is 1.65. The molecule has 0 unspecified atom stereocenters. The molecule has 0 saturated heterocycles. The van der Waals surface area contributed by atoms with Gasteiger partial charge in [-0.1, -0.05) is 0 Å². The van der Waals surface area contributed by atoms with Crippen LogP contribution in [0.25, 0.3) is 0 Å². The van der Waals surface area contributed by atoms with Gasteiger partial charge < -0.3 is 4.74 Å². The van der Waals surface area contributed by atoms with Crippen LogP contribution in [0.15, 0.2) is 0 Å². The normalized spacial score (nSPS) is 7.67. The molecule has 6 heavy (non-hydrogen) atoms. The lowest BCUT2D eigenvalue weighted by atomic mass is 10.8. The lowest BCUT2D eigenvalue weighted by Gasteiger charge is -1.85. The van der Waals surface area contributed by atoms with Crippen molar-refractivity contribution in [1.29, 1.82) is 0 Å². The highest BCUT2D eigenvalue weighted by atomic mass is 35.5. The summed E-state index contributed by atoms with van der Waals surface area (Å²) >= 11 is 4.85. The second-order valence-corrected chi connectivity index (χ2v) is 0.850. The van der Waals surface area contributed by atoms with Crippen molar-refractivity contribution in [3.05, 3.63) is 5.88 Å². The minimum atomic E-state index is -0.517.